The van der Waals surface area contributed by atoms with Gasteiger partial charge in [0.2, 0.25) is 0 Å². The lowest BCUT2D eigenvalue weighted by atomic mass is 10.1. The molecule has 0 fully saturated rings. The van der Waals surface area contributed by atoms with Crippen LogP contribution in [0.1, 0.15) is 16.0 Å². The highest BCUT2D eigenvalue weighted by Gasteiger charge is 2.07. The number of hydrogen-bond donors (Lipinski definition) is 0. The Hall–Kier alpha value is -2.12. The number of hydrogen-bond acceptors (Lipinski definition) is 3. The summed E-state index contributed by atoms with van der Waals surface area (Å²) in [5.41, 5.74) is 2.09. The highest BCUT2D eigenvalue weighted by atomic mass is 32.1. The molecule has 0 radical (unpaired) electrons. The van der Waals surface area contributed by atoms with E-state index >= 15 is 0 Å². The molecule has 0 aliphatic carbocycles. The summed E-state index contributed by atoms with van der Waals surface area (Å²) in [5, 5.41) is 10.6. The van der Waals surface area contributed by atoms with Crippen molar-refractivity contribution in [3.05, 3.63) is 62.5 Å². The minimum atomic E-state index is -0.401. The molecule has 2 aromatic rings. The van der Waals surface area contributed by atoms with E-state index in [1.807, 2.05) is 31.2 Å². The van der Waals surface area contributed by atoms with Gasteiger partial charge in [0.15, 0.2) is 0 Å². The van der Waals surface area contributed by atoms with Crippen LogP contribution in [-0.2, 0) is 0 Å². The maximum absolute atomic E-state index is 10.5. The van der Waals surface area contributed by atoms with Gasteiger partial charge in [0, 0.05) is 11.6 Å². The Morgan fingerprint density at radius 1 is 1.12 bits per heavy atom. The molecule has 1 heterocycles. The number of benzene rings is 1. The molecule has 4 heteroatoms. The van der Waals surface area contributed by atoms with Crippen LogP contribution in [0.2, 0.25) is 0 Å². The van der Waals surface area contributed by atoms with Gasteiger partial charge in [-0.15, -0.1) is 0 Å². The van der Waals surface area contributed by atoms with Crippen LogP contribution in [0.25, 0.3) is 0 Å². The smallest absolute Gasteiger partial charge is 0.258 e. The first kappa shape index (κ1) is 11.4. The summed E-state index contributed by atoms with van der Waals surface area (Å²) < 4.78 is 0. The van der Waals surface area contributed by atoms with Crippen molar-refractivity contribution < 1.29 is 4.92 Å². The van der Waals surface area contributed by atoms with Crippen molar-refractivity contribution >= 4 is 16.3 Å². The third-order valence-electron chi connectivity index (χ3n) is 2.15. The summed E-state index contributed by atoms with van der Waals surface area (Å²) in [6.07, 6.45) is 0. The Labute approximate surface area is 103 Å². The lowest BCUT2D eigenvalue weighted by Crippen LogP contribution is -1.80. The fourth-order valence-electron chi connectivity index (χ4n) is 1.26. The molecular formula is C13H9NO2S. The maximum Gasteiger partial charge on any atom is 0.325 e. The Balaban J connectivity index is 2.20. The van der Waals surface area contributed by atoms with E-state index in [4.69, 9.17) is 0 Å². The van der Waals surface area contributed by atoms with Crippen molar-refractivity contribution in [2.75, 3.05) is 0 Å². The van der Waals surface area contributed by atoms with Crippen molar-refractivity contribution in [2.45, 2.75) is 6.92 Å². The molecule has 1 aromatic heterocycles. The molecule has 17 heavy (non-hydrogen) atoms. The van der Waals surface area contributed by atoms with E-state index < -0.39 is 4.92 Å². The first-order chi connectivity index (χ1) is 8.15. The van der Waals surface area contributed by atoms with E-state index in [1.165, 1.54) is 11.6 Å². The van der Waals surface area contributed by atoms with Crippen molar-refractivity contribution in [1.82, 2.24) is 0 Å². The number of nitro groups is 1. The van der Waals surface area contributed by atoms with E-state index in [-0.39, 0.29) is 5.00 Å². The molecule has 0 bridgehead atoms. The van der Waals surface area contributed by atoms with E-state index in [1.54, 1.807) is 6.07 Å². The van der Waals surface area contributed by atoms with Crippen LogP contribution in [0, 0.1) is 28.9 Å². The second-order valence-electron chi connectivity index (χ2n) is 3.51. The van der Waals surface area contributed by atoms with Crippen molar-refractivity contribution in [3.63, 3.8) is 0 Å². The summed E-state index contributed by atoms with van der Waals surface area (Å²) in [4.78, 5) is 10.8. The molecule has 1 aromatic carbocycles. The maximum atomic E-state index is 10.5. The van der Waals surface area contributed by atoms with Crippen LogP contribution in [0.15, 0.2) is 36.4 Å². The van der Waals surface area contributed by atoms with Gasteiger partial charge in [-0.2, -0.15) is 0 Å². The molecule has 3 nitrogen and oxygen atoms in total. The van der Waals surface area contributed by atoms with E-state index in [9.17, 15) is 10.1 Å². The minimum absolute atomic E-state index is 0.123. The van der Waals surface area contributed by atoms with Crippen LogP contribution in [0.4, 0.5) is 5.00 Å². The number of nitrogens with zero attached hydrogens (tertiary/aromatic N) is 1. The lowest BCUT2D eigenvalue weighted by Gasteiger charge is -1.90. The molecular weight excluding hydrogens is 234 g/mol. The average Bonchev–Trinajstić information content (AvgIpc) is 2.77. The normalized spacial score (nSPS) is 9.47. The predicted octanol–water partition coefficient (Wildman–Crippen LogP) is 3.36. The van der Waals surface area contributed by atoms with Gasteiger partial charge in [-0.3, -0.25) is 10.1 Å². The van der Waals surface area contributed by atoms with Crippen LogP contribution in [-0.4, -0.2) is 4.92 Å². The zero-order chi connectivity index (χ0) is 12.3. The van der Waals surface area contributed by atoms with Crippen molar-refractivity contribution in [3.8, 4) is 11.8 Å². The highest BCUT2D eigenvalue weighted by molar-refractivity contribution is 7.15. The fourth-order valence-corrected chi connectivity index (χ4v) is 1.94. The van der Waals surface area contributed by atoms with Crippen LogP contribution < -0.4 is 0 Å². The van der Waals surface area contributed by atoms with Crippen LogP contribution in [0.3, 0.4) is 0 Å². The van der Waals surface area contributed by atoms with Gasteiger partial charge in [-0.05, 0) is 25.1 Å². The SMILES string of the molecule is Cc1ccc(C#Cc2ccc([N+](=O)[O-])s2)cc1. The molecule has 0 aliphatic rings. The standard InChI is InChI=1S/C13H9NO2S/c1-10-2-4-11(5-3-10)6-7-12-8-9-13(17-12)14(15)16/h2-5,8-9H,1H3. The Morgan fingerprint density at radius 3 is 2.41 bits per heavy atom. The minimum Gasteiger partial charge on any atom is -0.258 e. The monoisotopic (exact) mass is 243 g/mol. The van der Waals surface area contributed by atoms with E-state index in [2.05, 4.69) is 11.8 Å². The number of thiophene rings is 1. The molecule has 0 atom stereocenters. The molecule has 0 N–H and O–H groups in total. The summed E-state index contributed by atoms with van der Waals surface area (Å²) in [7, 11) is 0. The number of rotatable bonds is 1. The molecule has 0 saturated heterocycles. The van der Waals surface area contributed by atoms with Gasteiger partial charge >= 0.3 is 5.00 Å². The topological polar surface area (TPSA) is 43.1 Å². The second kappa shape index (κ2) is 4.81. The quantitative estimate of drug-likeness (QED) is 0.438. The third-order valence-corrected chi connectivity index (χ3v) is 3.11. The van der Waals surface area contributed by atoms with Gasteiger partial charge in [0.25, 0.3) is 0 Å². The van der Waals surface area contributed by atoms with Crippen LogP contribution >= 0.6 is 11.3 Å². The van der Waals surface area contributed by atoms with Gasteiger partial charge < -0.3 is 0 Å². The second-order valence-corrected chi connectivity index (χ2v) is 4.57. The van der Waals surface area contributed by atoms with Gasteiger partial charge in [0.1, 0.15) is 0 Å². The van der Waals surface area contributed by atoms with E-state index in [0.717, 1.165) is 16.9 Å². The molecule has 0 spiro atoms. The molecule has 0 unspecified atom stereocenters. The summed E-state index contributed by atoms with van der Waals surface area (Å²) in [5.74, 6) is 5.90. The lowest BCUT2D eigenvalue weighted by molar-refractivity contribution is -0.380. The highest BCUT2D eigenvalue weighted by Crippen LogP contribution is 2.22. The van der Waals surface area contributed by atoms with Gasteiger partial charge in [-0.1, -0.05) is 40.9 Å². The molecule has 0 aliphatic heterocycles. The van der Waals surface area contributed by atoms with Crippen molar-refractivity contribution in [2.24, 2.45) is 0 Å². The predicted molar refractivity (Wildman–Crippen MR) is 68.1 cm³/mol. The zero-order valence-electron chi connectivity index (χ0n) is 9.14. The summed E-state index contributed by atoms with van der Waals surface area (Å²) in [6.45, 7) is 2.01. The fraction of sp³-hybridized carbons (Fsp3) is 0.0769. The zero-order valence-corrected chi connectivity index (χ0v) is 9.95. The molecule has 84 valence electrons. The average molecular weight is 243 g/mol. The Morgan fingerprint density at radius 2 is 1.82 bits per heavy atom. The first-order valence-corrected chi connectivity index (χ1v) is 5.80. The van der Waals surface area contributed by atoms with E-state index in [0.29, 0.717) is 4.88 Å². The number of aryl methyl sites for hydroxylation is 1. The van der Waals surface area contributed by atoms with Crippen LogP contribution in [0.5, 0.6) is 0 Å². The summed E-state index contributed by atoms with van der Waals surface area (Å²) >= 11 is 1.09. The molecule has 0 amide bonds. The molecule has 2 rings (SSSR count). The van der Waals surface area contributed by atoms with Crippen molar-refractivity contribution in [1.29, 1.82) is 0 Å². The third kappa shape index (κ3) is 2.92. The largest absolute Gasteiger partial charge is 0.325 e. The van der Waals surface area contributed by atoms with Gasteiger partial charge in [0.05, 0.1) is 9.80 Å². The Bertz CT molecular complexity index is 602. The summed E-state index contributed by atoms with van der Waals surface area (Å²) in [6, 6.07) is 11.0. The first-order valence-electron chi connectivity index (χ1n) is 4.98. The Kier molecular flexibility index (Phi) is 3.22. The van der Waals surface area contributed by atoms with Gasteiger partial charge in [-0.25, -0.2) is 0 Å². The molecule has 0 saturated carbocycles.